The molecular formula is C26H24N2O3. The second kappa shape index (κ2) is 7.05. The SMILES string of the molecule is CC(=O)Oc1ccc([C@H]2C3=C(CC(C)(C)CC3=O)Nc3ccc4ncccc4c32)cc1. The molecule has 1 aliphatic heterocycles. The third kappa shape index (κ3) is 3.40. The predicted octanol–water partition coefficient (Wildman–Crippen LogP) is 5.36. The molecule has 5 heteroatoms. The van der Waals surface area contributed by atoms with Crippen molar-refractivity contribution in [2.24, 2.45) is 5.41 Å². The van der Waals surface area contributed by atoms with Crippen LogP contribution in [0.4, 0.5) is 5.69 Å². The van der Waals surface area contributed by atoms with E-state index in [1.165, 1.54) is 6.92 Å². The van der Waals surface area contributed by atoms with Crippen LogP contribution in [0.15, 0.2) is 66.0 Å². The Bertz CT molecular complexity index is 1260. The number of Topliss-reactive ketones (excluding diaryl/α,β-unsaturated/α-hetero) is 1. The van der Waals surface area contributed by atoms with Crippen molar-refractivity contribution in [1.82, 2.24) is 4.98 Å². The van der Waals surface area contributed by atoms with E-state index in [4.69, 9.17) is 4.74 Å². The highest BCUT2D eigenvalue weighted by atomic mass is 16.5. The van der Waals surface area contributed by atoms with Gasteiger partial charge in [0, 0.05) is 47.8 Å². The lowest BCUT2D eigenvalue weighted by atomic mass is 9.68. The Hall–Kier alpha value is -3.47. The van der Waals surface area contributed by atoms with E-state index < -0.39 is 0 Å². The fraction of sp³-hybridized carbons (Fsp3) is 0.269. The average Bonchev–Trinajstić information content (AvgIpc) is 2.71. The first-order chi connectivity index (χ1) is 14.8. The van der Waals surface area contributed by atoms with Crippen LogP contribution in [0.2, 0.25) is 0 Å². The lowest BCUT2D eigenvalue weighted by molar-refractivity contribution is -0.131. The quantitative estimate of drug-likeness (QED) is 0.453. The molecule has 0 unspecified atom stereocenters. The third-order valence-corrected chi connectivity index (χ3v) is 6.08. The van der Waals surface area contributed by atoms with Crippen LogP contribution in [0.3, 0.4) is 0 Å². The van der Waals surface area contributed by atoms with Crippen LogP contribution in [-0.4, -0.2) is 16.7 Å². The van der Waals surface area contributed by atoms with Crippen molar-refractivity contribution < 1.29 is 14.3 Å². The second-order valence-electron chi connectivity index (χ2n) is 9.15. The topological polar surface area (TPSA) is 68.3 Å². The minimum Gasteiger partial charge on any atom is -0.427 e. The number of rotatable bonds is 2. The Morgan fingerprint density at radius 3 is 2.61 bits per heavy atom. The van der Waals surface area contributed by atoms with Crippen molar-refractivity contribution in [3.05, 3.63) is 77.1 Å². The maximum absolute atomic E-state index is 13.4. The van der Waals surface area contributed by atoms with E-state index in [0.717, 1.165) is 45.4 Å². The van der Waals surface area contributed by atoms with Gasteiger partial charge in [-0.05, 0) is 53.3 Å². The van der Waals surface area contributed by atoms with Gasteiger partial charge < -0.3 is 10.1 Å². The molecule has 0 bridgehead atoms. The van der Waals surface area contributed by atoms with Crippen LogP contribution in [-0.2, 0) is 9.59 Å². The van der Waals surface area contributed by atoms with E-state index in [1.54, 1.807) is 18.3 Å². The number of benzene rings is 2. The summed E-state index contributed by atoms with van der Waals surface area (Å²) in [6, 6.07) is 15.5. The number of fused-ring (bicyclic) bond motifs is 3. The van der Waals surface area contributed by atoms with Gasteiger partial charge in [-0.2, -0.15) is 0 Å². The summed E-state index contributed by atoms with van der Waals surface area (Å²) in [6.07, 6.45) is 3.13. The molecule has 5 rings (SSSR count). The number of pyridine rings is 1. The fourth-order valence-electron chi connectivity index (χ4n) is 4.91. The van der Waals surface area contributed by atoms with Gasteiger partial charge in [-0.25, -0.2) is 0 Å². The Morgan fingerprint density at radius 1 is 1.10 bits per heavy atom. The number of hydrogen-bond donors (Lipinski definition) is 1. The molecule has 3 aromatic rings. The molecule has 1 N–H and O–H groups in total. The second-order valence-corrected chi connectivity index (χ2v) is 9.15. The van der Waals surface area contributed by atoms with Crippen LogP contribution in [0, 0.1) is 5.41 Å². The first-order valence-corrected chi connectivity index (χ1v) is 10.5. The molecule has 1 aliphatic carbocycles. The number of ketones is 1. The smallest absolute Gasteiger partial charge is 0.308 e. The molecular weight excluding hydrogens is 388 g/mol. The van der Waals surface area contributed by atoms with Crippen molar-refractivity contribution >= 4 is 28.3 Å². The summed E-state index contributed by atoms with van der Waals surface area (Å²) in [5.41, 5.74) is 5.74. The van der Waals surface area contributed by atoms with Crippen molar-refractivity contribution in [2.75, 3.05) is 5.32 Å². The monoisotopic (exact) mass is 412 g/mol. The van der Waals surface area contributed by atoms with Gasteiger partial charge >= 0.3 is 5.97 Å². The number of aromatic nitrogens is 1. The average molecular weight is 412 g/mol. The van der Waals surface area contributed by atoms with Crippen molar-refractivity contribution in [3.63, 3.8) is 0 Å². The summed E-state index contributed by atoms with van der Waals surface area (Å²) in [4.78, 5) is 29.2. The van der Waals surface area contributed by atoms with Crippen LogP contribution < -0.4 is 10.1 Å². The minimum atomic E-state index is -0.355. The summed E-state index contributed by atoms with van der Waals surface area (Å²) in [5.74, 6) is 0.121. The number of carbonyl (C=O) groups is 2. The van der Waals surface area contributed by atoms with E-state index >= 15 is 0 Å². The largest absolute Gasteiger partial charge is 0.427 e. The number of nitrogens with one attached hydrogen (secondary N) is 1. The molecule has 0 radical (unpaired) electrons. The maximum Gasteiger partial charge on any atom is 0.308 e. The van der Waals surface area contributed by atoms with Gasteiger partial charge in [-0.1, -0.05) is 32.0 Å². The molecule has 0 fully saturated rings. The maximum atomic E-state index is 13.4. The summed E-state index contributed by atoms with van der Waals surface area (Å²) in [5, 5.41) is 4.61. The minimum absolute atomic E-state index is 0.0808. The number of allylic oxidation sites excluding steroid dienone is 2. The molecule has 0 saturated carbocycles. The number of ether oxygens (including phenoxy) is 1. The van der Waals surface area contributed by atoms with Gasteiger partial charge in [0.15, 0.2) is 5.78 Å². The number of hydrogen-bond acceptors (Lipinski definition) is 5. The first-order valence-electron chi connectivity index (χ1n) is 10.5. The zero-order valence-electron chi connectivity index (χ0n) is 17.9. The Balaban J connectivity index is 1.73. The highest BCUT2D eigenvalue weighted by Crippen LogP contribution is 2.50. The molecule has 0 spiro atoms. The highest BCUT2D eigenvalue weighted by Gasteiger charge is 2.41. The van der Waals surface area contributed by atoms with Crippen LogP contribution >= 0.6 is 0 Å². The van der Waals surface area contributed by atoms with E-state index in [0.29, 0.717) is 12.2 Å². The Kier molecular flexibility index (Phi) is 4.43. The van der Waals surface area contributed by atoms with Crippen molar-refractivity contribution in [3.8, 4) is 5.75 Å². The fourth-order valence-corrected chi connectivity index (χ4v) is 4.91. The Morgan fingerprint density at radius 2 is 1.87 bits per heavy atom. The molecule has 0 saturated heterocycles. The molecule has 2 heterocycles. The highest BCUT2D eigenvalue weighted by molar-refractivity contribution is 6.04. The lowest BCUT2D eigenvalue weighted by Crippen LogP contribution is -2.33. The molecule has 2 aromatic carbocycles. The van der Waals surface area contributed by atoms with Crippen molar-refractivity contribution in [2.45, 2.75) is 39.5 Å². The van der Waals surface area contributed by atoms with Gasteiger partial charge in [-0.3, -0.25) is 14.6 Å². The van der Waals surface area contributed by atoms with Gasteiger partial charge in [-0.15, -0.1) is 0 Å². The number of anilines is 1. The van der Waals surface area contributed by atoms with E-state index in [9.17, 15) is 9.59 Å². The van der Waals surface area contributed by atoms with Crippen molar-refractivity contribution in [1.29, 1.82) is 0 Å². The summed E-state index contributed by atoms with van der Waals surface area (Å²) in [6.45, 7) is 5.66. The number of carbonyl (C=O) groups excluding carboxylic acids is 2. The standard InChI is InChI=1S/C26H24N2O3/c1-15(29)31-17-8-6-16(7-9-17)23-24-18-5-4-12-27-19(18)10-11-20(24)28-21-13-26(2,3)14-22(30)25(21)23/h4-12,23,28H,13-14H2,1-3H3/t23-/m1/s1. The molecule has 31 heavy (non-hydrogen) atoms. The van der Waals surface area contributed by atoms with E-state index in [-0.39, 0.29) is 23.1 Å². The summed E-state index contributed by atoms with van der Waals surface area (Å²) in [7, 11) is 0. The lowest BCUT2D eigenvalue weighted by Gasteiger charge is -2.40. The van der Waals surface area contributed by atoms with E-state index in [2.05, 4.69) is 36.3 Å². The molecule has 1 atom stereocenters. The van der Waals surface area contributed by atoms with Gasteiger partial charge in [0.25, 0.3) is 0 Å². The number of nitrogens with zero attached hydrogens (tertiary/aromatic N) is 1. The molecule has 1 aromatic heterocycles. The zero-order valence-corrected chi connectivity index (χ0v) is 17.9. The molecule has 0 amide bonds. The molecule has 5 nitrogen and oxygen atoms in total. The molecule has 2 aliphatic rings. The Labute approximate surface area is 181 Å². The van der Waals surface area contributed by atoms with Gasteiger partial charge in [0.05, 0.1) is 5.52 Å². The third-order valence-electron chi connectivity index (χ3n) is 6.08. The first kappa shape index (κ1) is 19.5. The summed E-state index contributed by atoms with van der Waals surface area (Å²) >= 11 is 0. The van der Waals surface area contributed by atoms with Crippen LogP contribution in [0.25, 0.3) is 10.9 Å². The predicted molar refractivity (Wildman–Crippen MR) is 120 cm³/mol. The zero-order chi connectivity index (χ0) is 21.8. The number of esters is 1. The van der Waals surface area contributed by atoms with Gasteiger partial charge in [0.1, 0.15) is 5.75 Å². The van der Waals surface area contributed by atoms with E-state index in [1.807, 2.05) is 24.3 Å². The van der Waals surface area contributed by atoms with Crippen LogP contribution in [0.5, 0.6) is 5.75 Å². The normalized spacial score (nSPS) is 19.5. The summed E-state index contributed by atoms with van der Waals surface area (Å²) < 4.78 is 5.21. The van der Waals surface area contributed by atoms with Gasteiger partial charge in [0.2, 0.25) is 0 Å². The van der Waals surface area contributed by atoms with Crippen LogP contribution in [0.1, 0.15) is 50.7 Å². The molecule has 156 valence electrons.